The monoisotopic (exact) mass is 311 g/mol. The smallest absolute Gasteiger partial charge is 0.214 e. The van der Waals surface area contributed by atoms with Crippen LogP contribution >= 0.6 is 11.8 Å². The molecule has 5 nitrogen and oxygen atoms in total. The zero-order chi connectivity index (χ0) is 14.9. The summed E-state index contributed by atoms with van der Waals surface area (Å²) < 4.78 is 0. The average molecular weight is 311 g/mol. The van der Waals surface area contributed by atoms with Gasteiger partial charge < -0.3 is 0 Å². The van der Waals surface area contributed by atoms with Crippen molar-refractivity contribution in [2.75, 3.05) is 0 Å². The van der Waals surface area contributed by atoms with Gasteiger partial charge in [-0.1, -0.05) is 37.1 Å². The highest BCUT2D eigenvalue weighted by molar-refractivity contribution is 7.99. The van der Waals surface area contributed by atoms with Crippen molar-refractivity contribution in [3.63, 3.8) is 0 Å². The lowest BCUT2D eigenvalue weighted by Gasteiger charge is -2.04. The van der Waals surface area contributed by atoms with E-state index >= 15 is 0 Å². The van der Waals surface area contributed by atoms with Crippen molar-refractivity contribution in [1.82, 2.24) is 25.4 Å². The van der Waals surface area contributed by atoms with E-state index < -0.39 is 0 Å². The van der Waals surface area contributed by atoms with E-state index in [0.717, 1.165) is 32.5 Å². The quantitative estimate of drug-likeness (QED) is 0.795. The Balaban J connectivity index is 1.65. The minimum Gasteiger partial charge on any atom is -0.262 e. The van der Waals surface area contributed by atoms with E-state index in [4.69, 9.17) is 0 Å². The number of benzene rings is 1. The molecule has 4 rings (SSSR count). The maximum absolute atomic E-state index is 4.65. The molecule has 1 aliphatic carbocycles. The number of hydrogen-bond acceptors (Lipinski definition) is 5. The lowest BCUT2D eigenvalue weighted by molar-refractivity contribution is 0.671. The highest BCUT2D eigenvalue weighted by Crippen LogP contribution is 2.34. The normalized spacial score (nSPS) is 15.7. The zero-order valence-corrected chi connectivity index (χ0v) is 13.2. The van der Waals surface area contributed by atoms with Crippen LogP contribution in [-0.4, -0.2) is 25.4 Å². The first-order chi connectivity index (χ1) is 10.8. The van der Waals surface area contributed by atoms with Crippen molar-refractivity contribution < 1.29 is 0 Å². The minimum atomic E-state index is 0.544. The Hall–Kier alpha value is -1.95. The second kappa shape index (κ2) is 5.68. The van der Waals surface area contributed by atoms with Crippen molar-refractivity contribution in [3.8, 4) is 0 Å². The molecule has 1 fully saturated rings. The van der Waals surface area contributed by atoms with Crippen molar-refractivity contribution in [1.29, 1.82) is 0 Å². The molecule has 1 aliphatic rings. The Morgan fingerprint density at radius 3 is 2.68 bits per heavy atom. The molecule has 1 aromatic carbocycles. The Morgan fingerprint density at radius 2 is 1.86 bits per heavy atom. The number of nitrogens with one attached hydrogen (secondary N) is 1. The second-order valence-electron chi connectivity index (χ2n) is 5.72. The van der Waals surface area contributed by atoms with E-state index in [9.17, 15) is 0 Å². The summed E-state index contributed by atoms with van der Waals surface area (Å²) >= 11 is 1.48. The molecule has 1 N–H and O–H groups in total. The van der Waals surface area contributed by atoms with Crippen LogP contribution in [0.3, 0.4) is 0 Å². The van der Waals surface area contributed by atoms with E-state index in [1.54, 1.807) is 0 Å². The van der Waals surface area contributed by atoms with Gasteiger partial charge in [0.15, 0.2) is 0 Å². The number of hydrogen-bond donors (Lipinski definition) is 1. The van der Waals surface area contributed by atoms with Crippen molar-refractivity contribution in [2.24, 2.45) is 0 Å². The predicted octanol–water partition coefficient (Wildman–Crippen LogP) is 3.87. The Morgan fingerprint density at radius 1 is 1.09 bits per heavy atom. The van der Waals surface area contributed by atoms with E-state index in [1.165, 1.54) is 37.4 Å². The fraction of sp³-hybridized carbons (Fsp3) is 0.375. The molecule has 0 bridgehead atoms. The molecule has 22 heavy (non-hydrogen) atoms. The van der Waals surface area contributed by atoms with Gasteiger partial charge in [-0.15, -0.1) is 10.2 Å². The lowest BCUT2D eigenvalue weighted by Crippen LogP contribution is -1.95. The maximum atomic E-state index is 4.65. The SMILES string of the molecule is Cc1nnc(Sc2n[nH]c(C3CCCC3)n2)c2ccccc12. The third-order valence-electron chi connectivity index (χ3n) is 4.25. The van der Waals surface area contributed by atoms with Crippen molar-refractivity contribution >= 4 is 22.5 Å². The summed E-state index contributed by atoms with van der Waals surface area (Å²) in [6, 6.07) is 8.20. The van der Waals surface area contributed by atoms with Gasteiger partial charge in [-0.3, -0.25) is 5.10 Å². The molecule has 0 aliphatic heterocycles. The molecule has 6 heteroatoms. The van der Waals surface area contributed by atoms with E-state index in [2.05, 4.69) is 37.5 Å². The maximum Gasteiger partial charge on any atom is 0.214 e. The van der Waals surface area contributed by atoms with Gasteiger partial charge in [0, 0.05) is 16.7 Å². The number of nitrogens with zero attached hydrogens (tertiary/aromatic N) is 4. The van der Waals surface area contributed by atoms with Gasteiger partial charge >= 0.3 is 0 Å². The molecule has 0 saturated heterocycles. The number of rotatable bonds is 3. The van der Waals surface area contributed by atoms with Crippen LogP contribution in [0, 0.1) is 6.92 Å². The van der Waals surface area contributed by atoms with Gasteiger partial charge in [0.05, 0.1) is 5.69 Å². The van der Waals surface area contributed by atoms with Crippen LogP contribution in [-0.2, 0) is 0 Å². The third-order valence-corrected chi connectivity index (χ3v) is 5.11. The zero-order valence-electron chi connectivity index (χ0n) is 12.4. The summed E-state index contributed by atoms with van der Waals surface area (Å²) in [5.41, 5.74) is 0.946. The highest BCUT2D eigenvalue weighted by atomic mass is 32.2. The van der Waals surface area contributed by atoms with Crippen LogP contribution in [0.5, 0.6) is 0 Å². The fourth-order valence-corrected chi connectivity index (χ4v) is 3.84. The predicted molar refractivity (Wildman–Crippen MR) is 86.0 cm³/mol. The molecule has 0 unspecified atom stereocenters. The van der Waals surface area contributed by atoms with Crippen LogP contribution in [0.15, 0.2) is 34.4 Å². The molecule has 112 valence electrons. The number of aryl methyl sites for hydroxylation is 1. The van der Waals surface area contributed by atoms with Gasteiger partial charge in [0.25, 0.3) is 0 Å². The Bertz CT molecular complexity index is 807. The first-order valence-electron chi connectivity index (χ1n) is 7.63. The van der Waals surface area contributed by atoms with Gasteiger partial charge in [0.2, 0.25) is 5.16 Å². The molecule has 3 aromatic rings. The fourth-order valence-electron chi connectivity index (χ4n) is 3.06. The number of aromatic nitrogens is 5. The van der Waals surface area contributed by atoms with Crippen LogP contribution < -0.4 is 0 Å². The molecule has 0 amide bonds. The first kappa shape index (κ1) is 13.7. The largest absolute Gasteiger partial charge is 0.262 e. The van der Waals surface area contributed by atoms with Gasteiger partial charge in [-0.05, 0) is 31.5 Å². The van der Waals surface area contributed by atoms with Crippen LogP contribution in [0.4, 0.5) is 0 Å². The van der Waals surface area contributed by atoms with E-state index in [1.807, 2.05) is 19.1 Å². The van der Waals surface area contributed by atoms with Crippen LogP contribution in [0.25, 0.3) is 10.8 Å². The first-order valence-corrected chi connectivity index (χ1v) is 8.45. The summed E-state index contributed by atoms with van der Waals surface area (Å²) in [5, 5.41) is 19.8. The van der Waals surface area contributed by atoms with Gasteiger partial charge in [-0.25, -0.2) is 4.98 Å². The number of H-pyrrole nitrogens is 1. The van der Waals surface area contributed by atoms with Crippen LogP contribution in [0.1, 0.15) is 43.1 Å². The number of fused-ring (bicyclic) bond motifs is 1. The highest BCUT2D eigenvalue weighted by Gasteiger charge is 2.21. The molecule has 0 spiro atoms. The van der Waals surface area contributed by atoms with Crippen molar-refractivity contribution in [2.45, 2.75) is 48.7 Å². The Labute approximate surface area is 133 Å². The molecule has 2 aromatic heterocycles. The molecular formula is C16H17N5S. The van der Waals surface area contributed by atoms with E-state index in [0.29, 0.717) is 5.92 Å². The summed E-state index contributed by atoms with van der Waals surface area (Å²) in [7, 11) is 0. The molecule has 0 radical (unpaired) electrons. The molecule has 2 heterocycles. The number of aromatic amines is 1. The average Bonchev–Trinajstić information content (AvgIpc) is 3.21. The topological polar surface area (TPSA) is 67.3 Å². The second-order valence-corrected chi connectivity index (χ2v) is 6.68. The van der Waals surface area contributed by atoms with Crippen LogP contribution in [0.2, 0.25) is 0 Å². The van der Waals surface area contributed by atoms with E-state index in [-0.39, 0.29) is 0 Å². The summed E-state index contributed by atoms with van der Waals surface area (Å²) in [5.74, 6) is 1.56. The molecule has 1 saturated carbocycles. The van der Waals surface area contributed by atoms with Gasteiger partial charge in [-0.2, -0.15) is 5.10 Å². The summed E-state index contributed by atoms with van der Waals surface area (Å²) in [6.45, 7) is 1.98. The summed E-state index contributed by atoms with van der Waals surface area (Å²) in [4.78, 5) is 4.65. The Kier molecular flexibility index (Phi) is 3.54. The van der Waals surface area contributed by atoms with Gasteiger partial charge in [0.1, 0.15) is 10.9 Å². The molecular weight excluding hydrogens is 294 g/mol. The van der Waals surface area contributed by atoms with Crippen molar-refractivity contribution in [3.05, 3.63) is 35.8 Å². The minimum absolute atomic E-state index is 0.544. The summed E-state index contributed by atoms with van der Waals surface area (Å²) in [6.07, 6.45) is 5.02. The molecule has 0 atom stereocenters. The lowest BCUT2D eigenvalue weighted by atomic mass is 10.1. The standard InChI is InChI=1S/C16H17N5S/c1-10-12-8-4-5-9-13(12)15(20-18-10)22-16-17-14(19-21-16)11-6-2-3-7-11/h4-5,8-9,11H,2-3,6-7H2,1H3,(H,17,19,21). The third kappa shape index (κ3) is 2.47.